The highest BCUT2D eigenvalue weighted by molar-refractivity contribution is 7.90. The standard InChI is InChI=1S/C15H18FN3O2S/c1-3-13-14(16)15(18-10-17-13)19-12-6-4-11(5-7-12)8-9-22(2,20)21/h4-7,10H,3,8-9H2,1-2H3,(H,17,18,19). The highest BCUT2D eigenvalue weighted by atomic mass is 32.2. The van der Waals surface area contributed by atoms with E-state index in [9.17, 15) is 12.8 Å². The minimum atomic E-state index is -2.98. The summed E-state index contributed by atoms with van der Waals surface area (Å²) in [6.45, 7) is 1.83. The summed E-state index contributed by atoms with van der Waals surface area (Å²) in [4.78, 5) is 7.77. The Morgan fingerprint density at radius 2 is 1.86 bits per heavy atom. The van der Waals surface area contributed by atoms with Gasteiger partial charge in [0.25, 0.3) is 0 Å². The van der Waals surface area contributed by atoms with E-state index in [-0.39, 0.29) is 11.6 Å². The quantitative estimate of drug-likeness (QED) is 0.884. The molecule has 2 aromatic rings. The molecule has 1 heterocycles. The van der Waals surface area contributed by atoms with Crippen LogP contribution in [0, 0.1) is 5.82 Å². The maximum atomic E-state index is 14.0. The Kier molecular flexibility index (Phi) is 5.07. The van der Waals surface area contributed by atoms with E-state index in [0.717, 1.165) is 5.56 Å². The number of halogens is 1. The average molecular weight is 323 g/mol. The van der Waals surface area contributed by atoms with Crippen LogP contribution in [-0.2, 0) is 22.7 Å². The average Bonchev–Trinajstić information content (AvgIpc) is 2.48. The predicted molar refractivity (Wildman–Crippen MR) is 84.5 cm³/mol. The Balaban J connectivity index is 2.08. The monoisotopic (exact) mass is 323 g/mol. The molecule has 1 aromatic carbocycles. The zero-order valence-electron chi connectivity index (χ0n) is 12.5. The van der Waals surface area contributed by atoms with Gasteiger partial charge >= 0.3 is 0 Å². The molecule has 2 rings (SSSR count). The molecule has 0 aliphatic carbocycles. The maximum Gasteiger partial charge on any atom is 0.187 e. The smallest absolute Gasteiger partial charge is 0.187 e. The Labute approximate surface area is 129 Å². The molecule has 0 bridgehead atoms. The Hall–Kier alpha value is -2.02. The molecule has 1 N–H and O–H groups in total. The summed E-state index contributed by atoms with van der Waals surface area (Å²) in [5, 5.41) is 2.90. The maximum absolute atomic E-state index is 14.0. The SMILES string of the molecule is CCc1ncnc(Nc2ccc(CCS(C)(=O)=O)cc2)c1F. The number of anilines is 2. The van der Waals surface area contributed by atoms with E-state index in [2.05, 4.69) is 15.3 Å². The summed E-state index contributed by atoms with van der Waals surface area (Å²) < 4.78 is 36.3. The van der Waals surface area contributed by atoms with Gasteiger partial charge in [-0.25, -0.2) is 22.8 Å². The molecule has 0 radical (unpaired) electrons. The summed E-state index contributed by atoms with van der Waals surface area (Å²) in [6, 6.07) is 7.16. The lowest BCUT2D eigenvalue weighted by atomic mass is 10.1. The van der Waals surface area contributed by atoms with Gasteiger partial charge in [-0.15, -0.1) is 0 Å². The number of nitrogens with one attached hydrogen (secondary N) is 1. The van der Waals surface area contributed by atoms with Gasteiger partial charge in [-0.2, -0.15) is 0 Å². The van der Waals surface area contributed by atoms with E-state index in [4.69, 9.17) is 0 Å². The Bertz CT molecular complexity index is 746. The van der Waals surface area contributed by atoms with Gasteiger partial charge in [0.1, 0.15) is 16.2 Å². The van der Waals surface area contributed by atoms with E-state index in [1.807, 2.05) is 19.1 Å². The lowest BCUT2D eigenvalue weighted by Crippen LogP contribution is -2.06. The topological polar surface area (TPSA) is 72.0 Å². The van der Waals surface area contributed by atoms with Gasteiger partial charge in [-0.05, 0) is 30.5 Å². The van der Waals surface area contributed by atoms with Crippen LogP contribution in [-0.4, -0.2) is 30.4 Å². The van der Waals surface area contributed by atoms with Gasteiger partial charge in [0, 0.05) is 11.9 Å². The highest BCUT2D eigenvalue weighted by Gasteiger charge is 2.10. The van der Waals surface area contributed by atoms with Gasteiger partial charge < -0.3 is 5.32 Å². The summed E-state index contributed by atoms with van der Waals surface area (Å²) >= 11 is 0. The van der Waals surface area contributed by atoms with Crippen LogP contribution in [0.1, 0.15) is 18.2 Å². The number of nitrogens with zero attached hydrogens (tertiary/aromatic N) is 2. The van der Waals surface area contributed by atoms with Gasteiger partial charge in [0.2, 0.25) is 0 Å². The second-order valence-corrected chi connectivity index (χ2v) is 7.30. The molecule has 0 fully saturated rings. The molecular formula is C15H18FN3O2S. The van der Waals surface area contributed by atoms with Crippen LogP contribution in [0.15, 0.2) is 30.6 Å². The summed E-state index contributed by atoms with van der Waals surface area (Å²) in [6.07, 6.45) is 3.49. The first-order chi connectivity index (χ1) is 10.4. The molecule has 22 heavy (non-hydrogen) atoms. The van der Waals surface area contributed by atoms with Crippen LogP contribution in [0.3, 0.4) is 0 Å². The van der Waals surface area contributed by atoms with Crippen molar-refractivity contribution in [2.45, 2.75) is 19.8 Å². The van der Waals surface area contributed by atoms with Crippen LogP contribution >= 0.6 is 0 Å². The Morgan fingerprint density at radius 1 is 1.18 bits per heavy atom. The number of benzene rings is 1. The van der Waals surface area contributed by atoms with E-state index in [1.165, 1.54) is 12.6 Å². The molecule has 0 aliphatic heterocycles. The van der Waals surface area contributed by atoms with E-state index in [1.54, 1.807) is 12.1 Å². The molecule has 0 unspecified atom stereocenters. The molecule has 118 valence electrons. The minimum Gasteiger partial charge on any atom is -0.338 e. The van der Waals surface area contributed by atoms with Crippen LogP contribution in [0.25, 0.3) is 0 Å². The normalized spacial score (nSPS) is 11.4. The third-order valence-corrected chi connectivity index (χ3v) is 4.12. The molecule has 0 saturated heterocycles. The fourth-order valence-electron chi connectivity index (χ4n) is 1.93. The van der Waals surface area contributed by atoms with Crippen molar-refractivity contribution in [1.82, 2.24) is 9.97 Å². The fraction of sp³-hybridized carbons (Fsp3) is 0.333. The number of rotatable bonds is 6. The van der Waals surface area contributed by atoms with Crippen molar-refractivity contribution in [2.24, 2.45) is 0 Å². The van der Waals surface area contributed by atoms with Crippen molar-refractivity contribution in [3.05, 3.63) is 47.7 Å². The van der Waals surface area contributed by atoms with Crippen molar-refractivity contribution in [3.63, 3.8) is 0 Å². The van der Waals surface area contributed by atoms with Gasteiger partial charge in [0.05, 0.1) is 11.4 Å². The second kappa shape index (κ2) is 6.83. The van der Waals surface area contributed by atoms with Crippen molar-refractivity contribution in [2.75, 3.05) is 17.3 Å². The lowest BCUT2D eigenvalue weighted by Gasteiger charge is -2.09. The number of aromatic nitrogens is 2. The van der Waals surface area contributed by atoms with Crippen molar-refractivity contribution in [1.29, 1.82) is 0 Å². The summed E-state index contributed by atoms with van der Waals surface area (Å²) in [7, 11) is -2.98. The first kappa shape index (κ1) is 16.4. The minimum absolute atomic E-state index is 0.111. The Morgan fingerprint density at radius 3 is 2.45 bits per heavy atom. The second-order valence-electron chi connectivity index (χ2n) is 5.04. The first-order valence-electron chi connectivity index (χ1n) is 6.92. The molecule has 7 heteroatoms. The number of hydrogen-bond donors (Lipinski definition) is 1. The molecule has 0 atom stereocenters. The van der Waals surface area contributed by atoms with Gasteiger partial charge in [-0.1, -0.05) is 19.1 Å². The zero-order chi connectivity index (χ0) is 16.2. The summed E-state index contributed by atoms with van der Waals surface area (Å²) in [5.41, 5.74) is 1.96. The first-order valence-corrected chi connectivity index (χ1v) is 8.98. The van der Waals surface area contributed by atoms with E-state index in [0.29, 0.717) is 24.2 Å². The fourth-order valence-corrected chi connectivity index (χ4v) is 2.54. The largest absolute Gasteiger partial charge is 0.338 e. The predicted octanol–water partition coefficient (Wildman–Crippen LogP) is 2.51. The zero-order valence-corrected chi connectivity index (χ0v) is 13.3. The van der Waals surface area contributed by atoms with Gasteiger partial charge in [-0.3, -0.25) is 0 Å². The van der Waals surface area contributed by atoms with Crippen LogP contribution in [0.4, 0.5) is 15.9 Å². The summed E-state index contributed by atoms with van der Waals surface area (Å²) in [5.74, 6) is -0.206. The van der Waals surface area contributed by atoms with E-state index < -0.39 is 15.7 Å². The van der Waals surface area contributed by atoms with Crippen LogP contribution in [0.5, 0.6) is 0 Å². The van der Waals surface area contributed by atoms with Gasteiger partial charge in [0.15, 0.2) is 11.6 Å². The third kappa shape index (κ3) is 4.49. The van der Waals surface area contributed by atoms with Crippen molar-refractivity contribution in [3.8, 4) is 0 Å². The van der Waals surface area contributed by atoms with Crippen molar-refractivity contribution >= 4 is 21.3 Å². The molecular weight excluding hydrogens is 305 g/mol. The molecule has 0 saturated carbocycles. The van der Waals surface area contributed by atoms with E-state index >= 15 is 0 Å². The number of hydrogen-bond acceptors (Lipinski definition) is 5. The molecule has 0 aliphatic rings. The number of aryl methyl sites for hydroxylation is 2. The number of sulfone groups is 1. The molecule has 0 amide bonds. The third-order valence-electron chi connectivity index (χ3n) is 3.17. The molecule has 1 aromatic heterocycles. The highest BCUT2D eigenvalue weighted by Crippen LogP contribution is 2.19. The lowest BCUT2D eigenvalue weighted by molar-refractivity contribution is 0.598. The van der Waals surface area contributed by atoms with Crippen LogP contribution < -0.4 is 5.32 Å². The van der Waals surface area contributed by atoms with Crippen LogP contribution in [0.2, 0.25) is 0 Å². The van der Waals surface area contributed by atoms with Crippen molar-refractivity contribution < 1.29 is 12.8 Å². The molecule has 5 nitrogen and oxygen atoms in total. The molecule has 0 spiro atoms.